The molecular weight excluding hydrogens is 484 g/mol. The van der Waals surface area contributed by atoms with Gasteiger partial charge in [0.1, 0.15) is 5.82 Å². The highest BCUT2D eigenvalue weighted by Crippen LogP contribution is 2.18. The van der Waals surface area contributed by atoms with E-state index in [9.17, 15) is 9.50 Å². The van der Waals surface area contributed by atoms with Crippen molar-refractivity contribution in [2.45, 2.75) is 26.2 Å². The molecule has 1 unspecified atom stereocenters. The summed E-state index contributed by atoms with van der Waals surface area (Å²) in [5, 5.41) is 12.5. The van der Waals surface area contributed by atoms with Gasteiger partial charge in [-0.2, -0.15) is 0 Å². The summed E-state index contributed by atoms with van der Waals surface area (Å²) in [4.78, 5) is 6.60. The number of ether oxygens (including phenoxy) is 1. The molecule has 2 N–H and O–H groups in total. The van der Waals surface area contributed by atoms with Crippen molar-refractivity contribution in [3.8, 4) is 0 Å². The van der Waals surface area contributed by atoms with Gasteiger partial charge >= 0.3 is 0 Å². The van der Waals surface area contributed by atoms with E-state index in [0.717, 1.165) is 37.6 Å². The average molecular weight is 513 g/mol. The van der Waals surface area contributed by atoms with Crippen LogP contribution in [-0.2, 0) is 24.5 Å². The fourth-order valence-electron chi connectivity index (χ4n) is 3.45. The van der Waals surface area contributed by atoms with Crippen molar-refractivity contribution in [1.29, 1.82) is 0 Å². The third-order valence-corrected chi connectivity index (χ3v) is 4.99. The summed E-state index contributed by atoms with van der Waals surface area (Å²) in [6.45, 7) is 3.45. The third-order valence-electron chi connectivity index (χ3n) is 4.99. The Hall–Kier alpha value is -1.71. The quantitative estimate of drug-likeness (QED) is 0.338. The number of nitrogens with zero attached hydrogens (tertiary/aromatic N) is 2. The van der Waals surface area contributed by atoms with Crippen LogP contribution < -0.4 is 5.32 Å². The summed E-state index contributed by atoms with van der Waals surface area (Å²) in [5.74, 6) is 0.933. The zero-order valence-corrected chi connectivity index (χ0v) is 19.0. The van der Waals surface area contributed by atoms with E-state index >= 15 is 0 Å². The SMILES string of the molecule is CN=C(NCc1ccc(F)c(CO)c1)N1CCC(COCc2ccccc2)C1.I. The molecule has 158 valence electrons. The van der Waals surface area contributed by atoms with E-state index in [1.165, 1.54) is 11.6 Å². The molecule has 1 aliphatic heterocycles. The number of benzene rings is 2. The first-order valence-corrected chi connectivity index (χ1v) is 9.65. The Balaban J connectivity index is 0.00000300. The lowest BCUT2D eigenvalue weighted by molar-refractivity contribution is 0.0906. The van der Waals surface area contributed by atoms with E-state index in [4.69, 9.17) is 4.74 Å². The highest BCUT2D eigenvalue weighted by molar-refractivity contribution is 14.0. The topological polar surface area (TPSA) is 57.1 Å². The van der Waals surface area contributed by atoms with Crippen molar-refractivity contribution in [1.82, 2.24) is 10.2 Å². The normalized spacial score (nSPS) is 16.6. The number of hydrogen-bond acceptors (Lipinski definition) is 3. The molecule has 7 heteroatoms. The monoisotopic (exact) mass is 513 g/mol. The Bertz CT molecular complexity index is 789. The number of nitrogens with one attached hydrogen (secondary N) is 1. The van der Waals surface area contributed by atoms with Crippen LogP contribution in [0, 0.1) is 11.7 Å². The largest absolute Gasteiger partial charge is 0.392 e. The lowest BCUT2D eigenvalue weighted by Crippen LogP contribution is -2.39. The van der Waals surface area contributed by atoms with Gasteiger partial charge in [-0.25, -0.2) is 4.39 Å². The fourth-order valence-corrected chi connectivity index (χ4v) is 3.45. The molecule has 29 heavy (non-hydrogen) atoms. The molecule has 3 rings (SSSR count). The van der Waals surface area contributed by atoms with Crippen molar-refractivity contribution in [2.75, 3.05) is 26.7 Å². The lowest BCUT2D eigenvalue weighted by Gasteiger charge is -2.22. The van der Waals surface area contributed by atoms with Crippen LogP contribution >= 0.6 is 24.0 Å². The molecular formula is C22H29FIN3O2. The molecule has 1 atom stereocenters. The Morgan fingerprint density at radius 2 is 2.03 bits per heavy atom. The molecule has 5 nitrogen and oxygen atoms in total. The second-order valence-electron chi connectivity index (χ2n) is 7.09. The van der Waals surface area contributed by atoms with Gasteiger partial charge in [-0.3, -0.25) is 4.99 Å². The maximum atomic E-state index is 13.5. The fraction of sp³-hybridized carbons (Fsp3) is 0.409. The van der Waals surface area contributed by atoms with Crippen LogP contribution in [0.4, 0.5) is 4.39 Å². The van der Waals surface area contributed by atoms with Crippen LogP contribution in [0.15, 0.2) is 53.5 Å². The summed E-state index contributed by atoms with van der Waals surface area (Å²) in [6.07, 6.45) is 1.07. The zero-order valence-electron chi connectivity index (χ0n) is 16.7. The average Bonchev–Trinajstić information content (AvgIpc) is 3.19. The van der Waals surface area contributed by atoms with Gasteiger partial charge in [-0.1, -0.05) is 36.4 Å². The number of aliphatic imine (C=N–C) groups is 1. The second kappa shape index (κ2) is 12.1. The van der Waals surface area contributed by atoms with Crippen LogP contribution in [0.2, 0.25) is 0 Å². The van der Waals surface area contributed by atoms with Crippen molar-refractivity contribution >= 4 is 29.9 Å². The zero-order chi connectivity index (χ0) is 19.8. The van der Waals surface area contributed by atoms with Crippen LogP contribution in [-0.4, -0.2) is 42.7 Å². The van der Waals surface area contributed by atoms with Crippen LogP contribution in [0.3, 0.4) is 0 Å². The lowest BCUT2D eigenvalue weighted by atomic mass is 10.1. The maximum absolute atomic E-state index is 13.5. The van der Waals surface area contributed by atoms with Gasteiger partial charge < -0.3 is 20.1 Å². The Morgan fingerprint density at radius 1 is 1.24 bits per heavy atom. The molecule has 1 heterocycles. The van der Waals surface area contributed by atoms with Crippen molar-refractivity contribution in [3.05, 3.63) is 71.0 Å². The minimum atomic E-state index is -0.381. The second-order valence-corrected chi connectivity index (χ2v) is 7.09. The highest BCUT2D eigenvalue weighted by atomic mass is 127. The molecule has 1 aliphatic rings. The summed E-state index contributed by atoms with van der Waals surface area (Å²) in [7, 11) is 1.77. The Kier molecular flexibility index (Phi) is 9.83. The van der Waals surface area contributed by atoms with Gasteiger partial charge in [0.15, 0.2) is 5.96 Å². The summed E-state index contributed by atoms with van der Waals surface area (Å²) in [5.41, 5.74) is 2.41. The predicted octanol–water partition coefficient (Wildman–Crippen LogP) is 3.55. The standard InChI is InChI=1S/C22H28FN3O2.HI/c1-24-22(25-12-18-7-8-21(23)20(11-18)14-27)26-10-9-19(13-26)16-28-15-17-5-3-2-4-6-17;/h2-8,11,19,27H,9-10,12-16H2,1H3,(H,24,25);1H. The van der Waals surface area contributed by atoms with Crippen LogP contribution in [0.25, 0.3) is 0 Å². The molecule has 0 bridgehead atoms. The van der Waals surface area contributed by atoms with Crippen molar-refractivity contribution in [2.24, 2.45) is 10.9 Å². The highest BCUT2D eigenvalue weighted by Gasteiger charge is 2.25. The Labute approximate surface area is 189 Å². The number of aliphatic hydroxyl groups excluding tert-OH is 1. The first-order chi connectivity index (χ1) is 13.7. The Morgan fingerprint density at radius 3 is 2.76 bits per heavy atom. The molecule has 0 aromatic heterocycles. The molecule has 0 amide bonds. The molecule has 0 saturated carbocycles. The summed E-state index contributed by atoms with van der Waals surface area (Å²) >= 11 is 0. The number of rotatable bonds is 7. The van der Waals surface area contributed by atoms with Gasteiger partial charge in [-0.05, 0) is 29.7 Å². The van der Waals surface area contributed by atoms with Crippen molar-refractivity contribution < 1.29 is 14.2 Å². The molecule has 0 spiro atoms. The number of aliphatic hydroxyl groups is 1. The van der Waals surface area contributed by atoms with E-state index in [2.05, 4.69) is 27.3 Å². The van der Waals surface area contributed by atoms with Gasteiger partial charge in [0.2, 0.25) is 0 Å². The smallest absolute Gasteiger partial charge is 0.193 e. The number of guanidine groups is 1. The molecule has 1 fully saturated rings. The number of hydrogen-bond donors (Lipinski definition) is 2. The molecule has 1 saturated heterocycles. The van der Waals surface area contributed by atoms with E-state index in [0.29, 0.717) is 24.6 Å². The van der Waals surface area contributed by atoms with Gasteiger partial charge in [-0.15, -0.1) is 24.0 Å². The first-order valence-electron chi connectivity index (χ1n) is 9.65. The van der Waals surface area contributed by atoms with Crippen LogP contribution in [0.1, 0.15) is 23.1 Å². The first kappa shape index (κ1) is 23.6. The van der Waals surface area contributed by atoms with Gasteiger partial charge in [0.05, 0.1) is 19.8 Å². The van der Waals surface area contributed by atoms with Gasteiger partial charge in [0.25, 0.3) is 0 Å². The molecule has 0 radical (unpaired) electrons. The maximum Gasteiger partial charge on any atom is 0.193 e. The minimum Gasteiger partial charge on any atom is -0.392 e. The van der Waals surface area contributed by atoms with Crippen LogP contribution in [0.5, 0.6) is 0 Å². The summed E-state index contributed by atoms with van der Waals surface area (Å²) < 4.78 is 19.4. The predicted molar refractivity (Wildman–Crippen MR) is 124 cm³/mol. The number of likely N-dealkylation sites (tertiary alicyclic amines) is 1. The molecule has 2 aromatic rings. The summed E-state index contributed by atoms with van der Waals surface area (Å²) in [6, 6.07) is 15.0. The van der Waals surface area contributed by atoms with E-state index in [-0.39, 0.29) is 36.4 Å². The van der Waals surface area contributed by atoms with E-state index in [1.807, 2.05) is 18.2 Å². The third kappa shape index (κ3) is 6.94. The number of halogens is 2. The molecule has 2 aromatic carbocycles. The van der Waals surface area contributed by atoms with E-state index in [1.54, 1.807) is 19.2 Å². The van der Waals surface area contributed by atoms with Gasteiger partial charge in [0, 0.05) is 38.2 Å². The molecule has 0 aliphatic carbocycles. The minimum absolute atomic E-state index is 0. The van der Waals surface area contributed by atoms with E-state index < -0.39 is 0 Å². The van der Waals surface area contributed by atoms with Crippen molar-refractivity contribution in [3.63, 3.8) is 0 Å².